The van der Waals surface area contributed by atoms with Crippen molar-refractivity contribution in [2.75, 3.05) is 45.4 Å². The van der Waals surface area contributed by atoms with Crippen LogP contribution in [0.4, 0.5) is 10.1 Å². The molecule has 0 amide bonds. The molecule has 0 fully saturated rings. The zero-order valence-corrected chi connectivity index (χ0v) is 12.4. The van der Waals surface area contributed by atoms with Crippen LogP contribution in [0.15, 0.2) is 18.2 Å². The Balaban J connectivity index is 2.92. The van der Waals surface area contributed by atoms with E-state index in [-0.39, 0.29) is 5.82 Å². The van der Waals surface area contributed by atoms with Crippen molar-refractivity contribution in [1.82, 2.24) is 0 Å². The number of hydrogen-bond donors (Lipinski definition) is 1. The summed E-state index contributed by atoms with van der Waals surface area (Å²) in [5, 5.41) is 9.83. The van der Waals surface area contributed by atoms with Crippen molar-refractivity contribution in [2.45, 2.75) is 19.4 Å². The van der Waals surface area contributed by atoms with Gasteiger partial charge < -0.3 is 19.5 Å². The lowest BCUT2D eigenvalue weighted by atomic mass is 10.1. The molecule has 114 valence electrons. The first-order valence-electron chi connectivity index (χ1n) is 6.80. The van der Waals surface area contributed by atoms with E-state index in [1.165, 1.54) is 12.1 Å². The summed E-state index contributed by atoms with van der Waals surface area (Å²) in [4.78, 5) is 2.09. The van der Waals surface area contributed by atoms with E-state index in [9.17, 15) is 9.50 Å². The highest BCUT2D eigenvalue weighted by molar-refractivity contribution is 5.54. The number of aliphatic hydroxyl groups excluding tert-OH is 1. The second-order valence-electron chi connectivity index (χ2n) is 4.71. The molecule has 20 heavy (non-hydrogen) atoms. The fraction of sp³-hybridized carbons (Fsp3) is 0.600. The lowest BCUT2D eigenvalue weighted by Crippen LogP contribution is -2.30. The van der Waals surface area contributed by atoms with E-state index in [4.69, 9.17) is 9.47 Å². The predicted molar refractivity (Wildman–Crippen MR) is 77.6 cm³/mol. The van der Waals surface area contributed by atoms with Crippen LogP contribution in [-0.2, 0) is 9.47 Å². The molecule has 0 aliphatic heterocycles. The molecule has 0 unspecified atom stereocenters. The van der Waals surface area contributed by atoms with E-state index in [2.05, 4.69) is 4.90 Å². The van der Waals surface area contributed by atoms with Crippen LogP contribution < -0.4 is 4.90 Å². The first-order valence-corrected chi connectivity index (χ1v) is 6.80. The number of aliphatic hydroxyl groups is 1. The van der Waals surface area contributed by atoms with Crippen molar-refractivity contribution in [3.63, 3.8) is 0 Å². The minimum absolute atomic E-state index is 0.340. The Morgan fingerprint density at radius 2 is 1.90 bits per heavy atom. The number of nitrogens with zero attached hydrogens (tertiary/aromatic N) is 1. The number of methoxy groups -OCH3 is 2. The second kappa shape index (κ2) is 8.89. The number of hydrogen-bond acceptors (Lipinski definition) is 4. The maximum atomic E-state index is 13.4. The normalized spacial score (nSPS) is 12.4. The maximum Gasteiger partial charge on any atom is 0.123 e. The van der Waals surface area contributed by atoms with Crippen LogP contribution in [-0.4, -0.2) is 45.6 Å². The molecule has 5 heteroatoms. The summed E-state index contributed by atoms with van der Waals surface area (Å²) >= 11 is 0. The van der Waals surface area contributed by atoms with Gasteiger partial charge in [0.25, 0.3) is 0 Å². The van der Waals surface area contributed by atoms with Crippen molar-refractivity contribution >= 4 is 5.69 Å². The Kier molecular flexibility index (Phi) is 7.51. The largest absolute Gasteiger partial charge is 0.389 e. The highest BCUT2D eigenvalue weighted by Crippen LogP contribution is 2.27. The average Bonchev–Trinajstić information content (AvgIpc) is 2.43. The van der Waals surface area contributed by atoms with Gasteiger partial charge in [-0.1, -0.05) is 0 Å². The summed E-state index contributed by atoms with van der Waals surface area (Å²) < 4.78 is 23.5. The molecule has 0 bridgehead atoms. The molecule has 0 radical (unpaired) electrons. The van der Waals surface area contributed by atoms with Gasteiger partial charge in [0.05, 0.1) is 12.7 Å². The zero-order valence-electron chi connectivity index (χ0n) is 12.4. The summed E-state index contributed by atoms with van der Waals surface area (Å²) in [7, 11) is 3.31. The first-order chi connectivity index (χ1) is 9.60. The summed E-state index contributed by atoms with van der Waals surface area (Å²) in [5.41, 5.74) is 1.44. The monoisotopic (exact) mass is 285 g/mol. The second-order valence-corrected chi connectivity index (χ2v) is 4.71. The molecular weight excluding hydrogens is 261 g/mol. The predicted octanol–water partition coefficient (Wildman–Crippen LogP) is 2.37. The first kappa shape index (κ1) is 16.9. The van der Waals surface area contributed by atoms with E-state index < -0.39 is 6.10 Å². The van der Waals surface area contributed by atoms with E-state index in [0.29, 0.717) is 25.3 Å². The van der Waals surface area contributed by atoms with Crippen molar-refractivity contribution in [3.8, 4) is 0 Å². The minimum Gasteiger partial charge on any atom is -0.389 e. The van der Waals surface area contributed by atoms with E-state index in [1.807, 2.05) is 0 Å². The fourth-order valence-electron chi connectivity index (χ4n) is 2.10. The molecule has 0 spiro atoms. The maximum absolute atomic E-state index is 13.4. The number of halogens is 1. The number of ether oxygens (including phenoxy) is 2. The smallest absolute Gasteiger partial charge is 0.123 e. The van der Waals surface area contributed by atoms with Crippen LogP contribution in [0, 0.1) is 5.82 Å². The third kappa shape index (κ3) is 5.07. The van der Waals surface area contributed by atoms with E-state index in [0.717, 1.165) is 18.7 Å². The summed E-state index contributed by atoms with van der Waals surface area (Å²) in [6, 6.07) is 4.51. The van der Waals surface area contributed by atoms with Gasteiger partial charge >= 0.3 is 0 Å². The zero-order chi connectivity index (χ0) is 15.0. The molecule has 0 aliphatic carbocycles. The van der Waals surface area contributed by atoms with Gasteiger partial charge in [-0.3, -0.25) is 0 Å². The molecule has 1 N–H and O–H groups in total. The van der Waals surface area contributed by atoms with E-state index >= 15 is 0 Å². The Hall–Kier alpha value is -1.17. The Bertz CT molecular complexity index is 399. The molecule has 1 aromatic rings. The highest BCUT2D eigenvalue weighted by Gasteiger charge is 2.15. The standard InChI is InChI=1S/C15H24FNO3/c1-12(18)14-11-13(16)5-6-15(14)17(8-10-20-3)7-4-9-19-2/h5-6,11-12,18H,4,7-10H2,1-3H3/t12-/m1/s1. The minimum atomic E-state index is -0.715. The topological polar surface area (TPSA) is 41.9 Å². The Labute approximate surface area is 120 Å². The van der Waals surface area contributed by atoms with Gasteiger partial charge in [0.2, 0.25) is 0 Å². The molecule has 1 rings (SSSR count). The summed E-state index contributed by atoms with van der Waals surface area (Å²) in [6.45, 7) is 4.33. The van der Waals surface area contributed by atoms with Crippen LogP contribution in [0.2, 0.25) is 0 Å². The molecule has 1 aromatic carbocycles. The van der Waals surface area contributed by atoms with Gasteiger partial charge in [0.15, 0.2) is 0 Å². The lowest BCUT2D eigenvalue weighted by molar-refractivity contribution is 0.189. The van der Waals surface area contributed by atoms with Crippen LogP contribution in [0.5, 0.6) is 0 Å². The van der Waals surface area contributed by atoms with Crippen LogP contribution >= 0.6 is 0 Å². The average molecular weight is 285 g/mol. The van der Waals surface area contributed by atoms with Gasteiger partial charge in [-0.05, 0) is 31.5 Å². The lowest BCUT2D eigenvalue weighted by Gasteiger charge is -2.27. The summed E-state index contributed by atoms with van der Waals surface area (Å²) in [5.74, 6) is -0.340. The molecule has 1 atom stereocenters. The third-order valence-electron chi connectivity index (χ3n) is 3.12. The molecular formula is C15H24FNO3. The van der Waals surface area contributed by atoms with Crippen LogP contribution in [0.1, 0.15) is 25.0 Å². The summed E-state index contributed by atoms with van der Waals surface area (Å²) in [6.07, 6.45) is 0.143. The SMILES string of the molecule is COCCCN(CCOC)c1ccc(F)cc1[C@@H](C)O. The molecule has 0 saturated heterocycles. The quantitative estimate of drug-likeness (QED) is 0.707. The molecule has 0 aromatic heterocycles. The van der Waals surface area contributed by atoms with Gasteiger partial charge in [-0.15, -0.1) is 0 Å². The molecule has 4 nitrogen and oxygen atoms in total. The third-order valence-corrected chi connectivity index (χ3v) is 3.12. The highest BCUT2D eigenvalue weighted by atomic mass is 19.1. The van der Waals surface area contributed by atoms with Crippen molar-refractivity contribution in [1.29, 1.82) is 0 Å². The van der Waals surface area contributed by atoms with Gasteiger partial charge in [-0.2, -0.15) is 0 Å². The van der Waals surface area contributed by atoms with Gasteiger partial charge in [-0.25, -0.2) is 4.39 Å². The number of anilines is 1. The van der Waals surface area contributed by atoms with Crippen LogP contribution in [0.3, 0.4) is 0 Å². The van der Waals surface area contributed by atoms with E-state index in [1.54, 1.807) is 27.2 Å². The Morgan fingerprint density at radius 1 is 1.20 bits per heavy atom. The van der Waals surface area contributed by atoms with Gasteiger partial charge in [0.1, 0.15) is 5.82 Å². The number of rotatable bonds is 9. The van der Waals surface area contributed by atoms with Crippen LogP contribution in [0.25, 0.3) is 0 Å². The van der Waals surface area contributed by atoms with Gasteiger partial charge in [0, 0.05) is 45.2 Å². The molecule has 0 aliphatic rings. The molecule has 0 heterocycles. The van der Waals surface area contributed by atoms with Crippen molar-refractivity contribution in [3.05, 3.63) is 29.6 Å². The molecule has 0 saturated carbocycles. The van der Waals surface area contributed by atoms with Crippen molar-refractivity contribution in [2.24, 2.45) is 0 Å². The van der Waals surface area contributed by atoms with Crippen molar-refractivity contribution < 1.29 is 19.0 Å². The Morgan fingerprint density at radius 3 is 2.50 bits per heavy atom. The number of benzene rings is 1. The fourth-order valence-corrected chi connectivity index (χ4v) is 2.10.